The van der Waals surface area contributed by atoms with Gasteiger partial charge in [0.2, 0.25) is 5.66 Å². The monoisotopic (exact) mass is 996 g/mol. The second-order valence-corrected chi connectivity index (χ2v) is 15.7. The van der Waals surface area contributed by atoms with Gasteiger partial charge >= 0.3 is 18.1 Å². The zero-order valence-corrected chi connectivity index (χ0v) is 37.3. The van der Waals surface area contributed by atoms with Crippen molar-refractivity contribution in [1.82, 2.24) is 10.6 Å². The number of rotatable bonds is 16. The summed E-state index contributed by atoms with van der Waals surface area (Å²) in [5, 5.41) is 114. The number of aliphatic carboxylic acids is 2. The number of nitrogens with one attached hydrogen (secondary N) is 2. The van der Waals surface area contributed by atoms with Gasteiger partial charge in [-0.3, -0.25) is 9.59 Å². The molecule has 5 heterocycles. The highest BCUT2D eigenvalue weighted by molar-refractivity contribution is 5.94. The first kappa shape index (κ1) is 56.9. The molecule has 1 aromatic rings. The van der Waals surface area contributed by atoms with Crippen molar-refractivity contribution in [3.05, 3.63) is 35.4 Å². The van der Waals surface area contributed by atoms with Crippen LogP contribution in [0.25, 0.3) is 0 Å². The van der Waals surface area contributed by atoms with Gasteiger partial charge in [0.1, 0.15) is 73.2 Å². The van der Waals surface area contributed by atoms with E-state index in [0.29, 0.717) is 5.56 Å². The Labute approximate surface area is 390 Å². The second-order valence-electron chi connectivity index (χ2n) is 15.7. The Morgan fingerprint density at radius 3 is 1.51 bits per heavy atom. The summed E-state index contributed by atoms with van der Waals surface area (Å²) in [6, 6.07) is 6.72. The smallest absolute Gasteiger partial charge is 0.373 e. The van der Waals surface area contributed by atoms with Crippen molar-refractivity contribution < 1.29 is 127 Å². The fourth-order valence-electron chi connectivity index (χ4n) is 7.33. The Kier molecular flexibility index (Phi) is 21.0. The first-order chi connectivity index (χ1) is 32.6. The molecule has 5 aliphatic heterocycles. The lowest BCUT2D eigenvalue weighted by Gasteiger charge is -2.45. The number of aliphatic hydroxyl groups is 8. The highest BCUT2D eigenvalue weighted by Gasteiger charge is 2.55. The summed E-state index contributed by atoms with van der Waals surface area (Å²) in [7, 11) is 4.73. The van der Waals surface area contributed by atoms with Gasteiger partial charge in [-0.05, 0) is 19.1 Å². The molecule has 4 saturated heterocycles. The third-order valence-electron chi connectivity index (χ3n) is 11.2. The lowest BCUT2D eigenvalue weighted by Crippen LogP contribution is -2.66. The van der Waals surface area contributed by atoms with Crippen LogP contribution in [0.4, 0.5) is 0 Å². The summed E-state index contributed by atoms with van der Waals surface area (Å²) >= 11 is 0. The molecule has 6 rings (SSSR count). The molecule has 19 atom stereocenters. The van der Waals surface area contributed by atoms with E-state index in [4.69, 9.17) is 62.1 Å². The average Bonchev–Trinajstić information content (AvgIpc) is 4.09. The van der Waals surface area contributed by atoms with Gasteiger partial charge in [0.15, 0.2) is 43.5 Å². The maximum absolute atomic E-state index is 13.1. The van der Waals surface area contributed by atoms with Gasteiger partial charge < -0.3 is 109 Å². The van der Waals surface area contributed by atoms with Crippen molar-refractivity contribution in [1.29, 1.82) is 0 Å². The number of ether oxygens (including phenoxy) is 10. The van der Waals surface area contributed by atoms with Gasteiger partial charge in [-0.25, -0.2) is 9.59 Å². The van der Waals surface area contributed by atoms with Crippen LogP contribution in [0.3, 0.4) is 0 Å². The van der Waals surface area contributed by atoms with E-state index in [1.54, 1.807) is 24.3 Å². The predicted octanol–water partition coefficient (Wildman–Crippen LogP) is -6.75. The molecule has 30 nitrogen and oxygen atoms in total. The molecule has 4 fully saturated rings. The van der Waals surface area contributed by atoms with Crippen LogP contribution in [0.1, 0.15) is 22.8 Å². The van der Waals surface area contributed by atoms with Crippen LogP contribution in [-0.4, -0.2) is 246 Å². The number of methoxy groups -OCH3 is 4. The largest absolute Gasteiger partial charge is 0.479 e. The molecular weight excluding hydrogens is 940 g/mol. The normalized spacial score (nSPS) is 37.8. The quantitative estimate of drug-likeness (QED) is 0.0685. The van der Waals surface area contributed by atoms with Gasteiger partial charge in [0.05, 0.1) is 6.61 Å². The number of carboxylic acids is 2. The molecule has 69 heavy (non-hydrogen) atoms. The molecule has 0 spiro atoms. The molecule has 388 valence electrons. The van der Waals surface area contributed by atoms with Gasteiger partial charge in [-0.2, -0.15) is 19.8 Å². The molecule has 30 heteroatoms. The number of hydrogen-bond donors (Lipinski definition) is 12. The molecular formula is C39H56N4O26. The molecule has 0 saturated carbocycles. The van der Waals surface area contributed by atoms with E-state index in [0.717, 1.165) is 12.7 Å². The van der Waals surface area contributed by atoms with Crippen LogP contribution >= 0.6 is 0 Å². The average molecular weight is 997 g/mol. The fourth-order valence-corrected chi connectivity index (χ4v) is 7.33. The molecule has 2 amide bonds. The zero-order valence-electron chi connectivity index (χ0n) is 37.3. The van der Waals surface area contributed by atoms with Crippen LogP contribution in [0, 0.1) is 0 Å². The van der Waals surface area contributed by atoms with E-state index in [9.17, 15) is 65.1 Å². The maximum atomic E-state index is 13.1. The van der Waals surface area contributed by atoms with Gasteiger partial charge in [0.25, 0.3) is 11.8 Å². The first-order valence-corrected chi connectivity index (χ1v) is 20.6. The SMILES string of the molecule is COC1OC(C(=O)NCCNC(=O)c2ccc(C3(C)N=N3)cc2)C(OC2OC(C(=O)O)C(OC)C(O)C2O)C(O)C1O.COC1OCC(OC2OC(C(=O)O)C(OC)C(O)C2O)C(O)C1O.O=C=O. The summed E-state index contributed by atoms with van der Waals surface area (Å²) in [5.41, 5.74) is 0.649. The van der Waals surface area contributed by atoms with Crippen molar-refractivity contribution in [2.45, 2.75) is 129 Å². The zero-order chi connectivity index (χ0) is 51.5. The number of amides is 2. The predicted molar refractivity (Wildman–Crippen MR) is 213 cm³/mol. The number of carboxylic acid groups (broad SMARTS) is 2. The van der Waals surface area contributed by atoms with Crippen molar-refractivity contribution >= 4 is 29.9 Å². The molecule has 19 unspecified atom stereocenters. The second kappa shape index (κ2) is 25.5. The minimum atomic E-state index is -1.87. The lowest BCUT2D eigenvalue weighted by molar-refractivity contribution is -0.348. The number of hydrogen-bond acceptors (Lipinski definition) is 26. The molecule has 0 bridgehead atoms. The number of benzene rings is 1. The molecule has 1 aromatic carbocycles. The minimum absolute atomic E-state index is 0.00117. The summed E-state index contributed by atoms with van der Waals surface area (Å²) in [6.07, 6.45) is -29.6. The van der Waals surface area contributed by atoms with Crippen molar-refractivity contribution in [3.8, 4) is 0 Å². The number of carbonyl (C=O) groups is 4. The van der Waals surface area contributed by atoms with E-state index in [2.05, 4.69) is 20.9 Å². The van der Waals surface area contributed by atoms with E-state index in [1.807, 2.05) is 6.92 Å². The van der Waals surface area contributed by atoms with Crippen molar-refractivity contribution in [3.63, 3.8) is 0 Å². The first-order valence-electron chi connectivity index (χ1n) is 20.6. The summed E-state index contributed by atoms with van der Waals surface area (Å²) in [6.45, 7) is 1.55. The van der Waals surface area contributed by atoms with E-state index >= 15 is 0 Å². The van der Waals surface area contributed by atoms with Crippen LogP contribution in [0.5, 0.6) is 0 Å². The van der Waals surface area contributed by atoms with Crippen LogP contribution in [0.2, 0.25) is 0 Å². The Hall–Kier alpha value is -4.64. The van der Waals surface area contributed by atoms with Crippen LogP contribution in [0.15, 0.2) is 34.5 Å². The Morgan fingerprint density at radius 1 is 0.609 bits per heavy atom. The fraction of sp³-hybridized carbons (Fsp3) is 0.718. The third-order valence-corrected chi connectivity index (χ3v) is 11.2. The maximum Gasteiger partial charge on any atom is 0.373 e. The molecule has 12 N–H and O–H groups in total. The van der Waals surface area contributed by atoms with Crippen molar-refractivity contribution in [2.75, 3.05) is 48.1 Å². The highest BCUT2D eigenvalue weighted by atomic mass is 16.8. The van der Waals surface area contributed by atoms with Gasteiger partial charge in [-0.15, -0.1) is 0 Å². The van der Waals surface area contributed by atoms with Crippen LogP contribution < -0.4 is 10.6 Å². The number of nitrogens with zero attached hydrogens (tertiary/aromatic N) is 2. The Balaban J connectivity index is 0.000000324. The molecule has 0 radical (unpaired) electrons. The summed E-state index contributed by atoms with van der Waals surface area (Å²) in [5.74, 6) is -4.20. The topological polar surface area (TPSA) is 446 Å². The van der Waals surface area contributed by atoms with Crippen molar-refractivity contribution in [2.24, 2.45) is 10.2 Å². The number of aliphatic hydroxyl groups excluding tert-OH is 8. The summed E-state index contributed by atoms with van der Waals surface area (Å²) in [4.78, 5) is 64.7. The van der Waals surface area contributed by atoms with E-state index in [1.165, 1.54) is 21.3 Å². The highest BCUT2D eigenvalue weighted by Crippen LogP contribution is 2.38. The lowest BCUT2D eigenvalue weighted by atomic mass is 9.96. The molecule has 5 aliphatic rings. The molecule has 0 aliphatic carbocycles. The number of carbonyl (C=O) groups excluding carboxylic acids is 4. The summed E-state index contributed by atoms with van der Waals surface area (Å²) < 4.78 is 51.5. The molecule has 0 aromatic heterocycles. The van der Waals surface area contributed by atoms with Gasteiger partial charge in [-0.1, -0.05) is 12.1 Å². The van der Waals surface area contributed by atoms with Gasteiger partial charge in [0, 0.05) is 52.7 Å². The van der Waals surface area contributed by atoms with Crippen LogP contribution in [-0.2, 0) is 77.0 Å². The van der Waals surface area contributed by atoms with E-state index in [-0.39, 0.29) is 25.8 Å². The van der Waals surface area contributed by atoms with E-state index < -0.39 is 146 Å². The third kappa shape index (κ3) is 13.6. The Morgan fingerprint density at radius 2 is 1.04 bits per heavy atom. The Bertz CT molecular complexity index is 1920. The minimum Gasteiger partial charge on any atom is -0.479 e. The standard InChI is InChI=1S/C25H34N4O13.C13H22O11.CO2/c1-25(28-29-25)11-6-4-10(5-7-11)20(34)26-8-9-27-21(35)18-17(13(31)14(32)23(39-3)41-18)40-24-15(33)12(30)16(38-2)19(42-24)22(36)37;1-20-9-6(15)8(17)13(24-10(9)11(18)19)23-4-3-22-12(21-2)7(16)5(4)14;2-1-3/h4-7,12-19,23-24,30-33H,8-9H2,1-3H3,(H,26,34)(H,27,35)(H,36,37);4-10,12-17H,3H2,1-2H3,(H,18,19);.